The highest BCUT2D eigenvalue weighted by Gasteiger charge is 2.23. The van der Waals surface area contributed by atoms with Crippen molar-refractivity contribution in [2.24, 2.45) is 11.7 Å². The molecule has 0 aliphatic heterocycles. The Labute approximate surface area is 107 Å². The average Bonchev–Trinajstić information content (AvgIpc) is 2.31. The predicted molar refractivity (Wildman–Crippen MR) is 69.1 cm³/mol. The molecule has 3 heteroatoms. The Balaban J connectivity index is 2.13. The highest BCUT2D eigenvalue weighted by molar-refractivity contribution is 5.22. The fraction of sp³-hybridized carbons (Fsp3) is 0.600. The lowest BCUT2D eigenvalue weighted by molar-refractivity contribution is 0.320. The molecule has 1 aliphatic rings. The van der Waals surface area contributed by atoms with Crippen molar-refractivity contribution in [2.75, 3.05) is 0 Å². The Morgan fingerprint density at radius 2 is 1.61 bits per heavy atom. The summed E-state index contributed by atoms with van der Waals surface area (Å²) >= 11 is 0. The minimum absolute atomic E-state index is 0.279. The largest absolute Gasteiger partial charge is 0.324 e. The van der Waals surface area contributed by atoms with E-state index >= 15 is 0 Å². The summed E-state index contributed by atoms with van der Waals surface area (Å²) in [7, 11) is 0. The van der Waals surface area contributed by atoms with Crippen molar-refractivity contribution in [2.45, 2.75) is 51.0 Å². The van der Waals surface area contributed by atoms with E-state index in [4.69, 9.17) is 5.73 Å². The highest BCUT2D eigenvalue weighted by Crippen LogP contribution is 2.32. The van der Waals surface area contributed by atoms with Crippen molar-refractivity contribution < 1.29 is 8.78 Å². The van der Waals surface area contributed by atoms with Crippen LogP contribution in [0.1, 0.15) is 56.6 Å². The standard InChI is InChI=1S/C15H21F2N/c16-13-10-6-9-12(14(13)17)15(18)11-7-4-2-1-3-5-8-11/h6,9-11,15H,1-5,7-8,18H2. The van der Waals surface area contributed by atoms with Crippen LogP contribution in [0, 0.1) is 17.6 Å². The summed E-state index contributed by atoms with van der Waals surface area (Å²) in [6, 6.07) is 3.92. The summed E-state index contributed by atoms with van der Waals surface area (Å²) in [5, 5.41) is 0. The molecule has 0 spiro atoms. The van der Waals surface area contributed by atoms with E-state index in [2.05, 4.69) is 0 Å². The third kappa shape index (κ3) is 3.08. The molecule has 100 valence electrons. The van der Waals surface area contributed by atoms with E-state index in [9.17, 15) is 8.78 Å². The van der Waals surface area contributed by atoms with E-state index in [1.165, 1.54) is 25.3 Å². The van der Waals surface area contributed by atoms with Gasteiger partial charge in [0.1, 0.15) is 0 Å². The minimum atomic E-state index is -0.797. The summed E-state index contributed by atoms with van der Waals surface area (Å²) in [6.07, 6.45) is 8.10. The van der Waals surface area contributed by atoms with Gasteiger partial charge in [-0.1, -0.05) is 44.2 Å². The van der Waals surface area contributed by atoms with Crippen LogP contribution in [0.25, 0.3) is 0 Å². The van der Waals surface area contributed by atoms with Crippen LogP contribution in [0.2, 0.25) is 0 Å². The van der Waals surface area contributed by atoms with E-state index in [1.807, 2.05) is 0 Å². The summed E-state index contributed by atoms with van der Waals surface area (Å²) in [5.74, 6) is -1.29. The molecule has 1 aromatic rings. The van der Waals surface area contributed by atoms with Crippen LogP contribution < -0.4 is 5.73 Å². The van der Waals surface area contributed by atoms with Crippen LogP contribution in [0.5, 0.6) is 0 Å². The molecule has 0 bridgehead atoms. The summed E-state index contributed by atoms with van der Waals surface area (Å²) in [5.41, 5.74) is 6.49. The van der Waals surface area contributed by atoms with Crippen molar-refractivity contribution in [3.8, 4) is 0 Å². The molecule has 2 N–H and O–H groups in total. The maximum Gasteiger partial charge on any atom is 0.163 e. The van der Waals surface area contributed by atoms with Gasteiger partial charge < -0.3 is 5.73 Å². The number of halogens is 2. The first-order valence-corrected chi connectivity index (χ1v) is 6.89. The molecule has 1 unspecified atom stereocenters. The van der Waals surface area contributed by atoms with Crippen LogP contribution in [-0.2, 0) is 0 Å². The molecule has 18 heavy (non-hydrogen) atoms. The first-order valence-electron chi connectivity index (χ1n) is 6.89. The van der Waals surface area contributed by atoms with E-state index in [1.54, 1.807) is 6.07 Å². The van der Waals surface area contributed by atoms with Gasteiger partial charge in [-0.15, -0.1) is 0 Å². The van der Waals surface area contributed by atoms with E-state index in [0.717, 1.165) is 31.7 Å². The molecule has 0 saturated heterocycles. The SMILES string of the molecule is NC(c1cccc(F)c1F)C1CCCCCCC1. The number of rotatable bonds is 2. The smallest absolute Gasteiger partial charge is 0.163 e. The molecule has 0 radical (unpaired) electrons. The maximum atomic E-state index is 13.7. The highest BCUT2D eigenvalue weighted by atomic mass is 19.2. The first kappa shape index (κ1) is 13.5. The van der Waals surface area contributed by atoms with Crippen LogP contribution in [0.3, 0.4) is 0 Å². The summed E-state index contributed by atoms with van der Waals surface area (Å²) in [6.45, 7) is 0. The number of nitrogens with two attached hydrogens (primary N) is 1. The molecule has 0 aromatic heterocycles. The fourth-order valence-electron chi connectivity index (χ4n) is 2.88. The second kappa shape index (κ2) is 6.28. The lowest BCUT2D eigenvalue weighted by Crippen LogP contribution is -2.23. The zero-order valence-electron chi connectivity index (χ0n) is 10.7. The second-order valence-electron chi connectivity index (χ2n) is 5.27. The Kier molecular flexibility index (Phi) is 4.70. The lowest BCUT2D eigenvalue weighted by Gasteiger charge is -2.26. The van der Waals surface area contributed by atoms with Crippen LogP contribution >= 0.6 is 0 Å². The average molecular weight is 253 g/mol. The van der Waals surface area contributed by atoms with Gasteiger partial charge in [0.2, 0.25) is 0 Å². The topological polar surface area (TPSA) is 26.0 Å². The second-order valence-corrected chi connectivity index (χ2v) is 5.27. The van der Waals surface area contributed by atoms with Gasteiger partial charge in [-0.25, -0.2) is 8.78 Å². The Morgan fingerprint density at radius 3 is 2.28 bits per heavy atom. The van der Waals surface area contributed by atoms with Gasteiger partial charge in [-0.3, -0.25) is 0 Å². The molecule has 1 fully saturated rings. The molecule has 2 rings (SSSR count). The van der Waals surface area contributed by atoms with Crippen molar-refractivity contribution >= 4 is 0 Å². The van der Waals surface area contributed by atoms with Crippen LogP contribution in [0.15, 0.2) is 18.2 Å². The van der Waals surface area contributed by atoms with Gasteiger partial charge in [-0.05, 0) is 24.8 Å². The molecule has 1 saturated carbocycles. The van der Waals surface area contributed by atoms with Crippen LogP contribution in [-0.4, -0.2) is 0 Å². The zero-order valence-corrected chi connectivity index (χ0v) is 10.7. The Bertz CT molecular complexity index is 384. The van der Waals surface area contributed by atoms with Crippen molar-refractivity contribution in [3.63, 3.8) is 0 Å². The normalized spacial score (nSPS) is 20.2. The van der Waals surface area contributed by atoms with Gasteiger partial charge in [-0.2, -0.15) is 0 Å². The quantitative estimate of drug-likeness (QED) is 0.834. The molecule has 1 atom stereocenters. The third-order valence-corrected chi connectivity index (χ3v) is 4.00. The van der Waals surface area contributed by atoms with E-state index < -0.39 is 11.6 Å². The van der Waals surface area contributed by atoms with Crippen molar-refractivity contribution in [3.05, 3.63) is 35.4 Å². The summed E-state index contributed by atoms with van der Waals surface area (Å²) in [4.78, 5) is 0. The van der Waals surface area contributed by atoms with Crippen molar-refractivity contribution in [1.29, 1.82) is 0 Å². The first-order chi connectivity index (χ1) is 8.70. The van der Waals surface area contributed by atoms with Gasteiger partial charge >= 0.3 is 0 Å². The molecule has 0 amide bonds. The molecular weight excluding hydrogens is 232 g/mol. The van der Waals surface area contributed by atoms with Crippen LogP contribution in [0.4, 0.5) is 8.78 Å². The summed E-state index contributed by atoms with van der Waals surface area (Å²) < 4.78 is 27.0. The Hall–Kier alpha value is -0.960. The van der Waals surface area contributed by atoms with E-state index in [-0.39, 0.29) is 12.0 Å². The number of hydrogen-bond acceptors (Lipinski definition) is 1. The Morgan fingerprint density at radius 1 is 1.00 bits per heavy atom. The molecule has 1 aliphatic carbocycles. The van der Waals surface area contributed by atoms with Crippen molar-refractivity contribution in [1.82, 2.24) is 0 Å². The molecular formula is C15H21F2N. The minimum Gasteiger partial charge on any atom is -0.324 e. The van der Waals surface area contributed by atoms with Gasteiger partial charge in [0, 0.05) is 11.6 Å². The number of hydrogen-bond donors (Lipinski definition) is 1. The molecule has 0 heterocycles. The molecule has 1 aromatic carbocycles. The van der Waals surface area contributed by atoms with Gasteiger partial charge in [0.05, 0.1) is 0 Å². The maximum absolute atomic E-state index is 13.7. The third-order valence-electron chi connectivity index (χ3n) is 4.00. The lowest BCUT2D eigenvalue weighted by atomic mass is 9.83. The predicted octanol–water partition coefficient (Wildman–Crippen LogP) is 4.33. The van der Waals surface area contributed by atoms with E-state index in [0.29, 0.717) is 5.56 Å². The zero-order chi connectivity index (χ0) is 13.0. The van der Waals surface area contributed by atoms with Gasteiger partial charge in [0.25, 0.3) is 0 Å². The monoisotopic (exact) mass is 253 g/mol. The fourth-order valence-corrected chi connectivity index (χ4v) is 2.88. The number of benzene rings is 1. The molecule has 1 nitrogen and oxygen atoms in total. The van der Waals surface area contributed by atoms with Gasteiger partial charge in [0.15, 0.2) is 11.6 Å².